The molecule has 1 aromatic heterocycles. The maximum absolute atomic E-state index is 12.0. The summed E-state index contributed by atoms with van der Waals surface area (Å²) in [5.41, 5.74) is 3.35. The Labute approximate surface area is 141 Å². The fourth-order valence-electron chi connectivity index (χ4n) is 2.23. The molecule has 2 rings (SSSR count). The lowest BCUT2D eigenvalue weighted by Crippen LogP contribution is -2.06. The van der Waals surface area contributed by atoms with Crippen LogP contribution < -0.4 is 4.74 Å². The van der Waals surface area contributed by atoms with E-state index in [1.807, 2.05) is 19.1 Å². The number of hydrogen-bond acceptors (Lipinski definition) is 4. The molecule has 1 aromatic carbocycles. The van der Waals surface area contributed by atoms with Crippen molar-refractivity contribution in [2.75, 3.05) is 13.7 Å². The lowest BCUT2D eigenvalue weighted by Gasteiger charge is -2.10. The van der Waals surface area contributed by atoms with Gasteiger partial charge in [0.1, 0.15) is 5.02 Å². The van der Waals surface area contributed by atoms with Gasteiger partial charge in [-0.3, -0.25) is 0 Å². The number of esters is 1. The Morgan fingerprint density at radius 1 is 1.30 bits per heavy atom. The Bertz CT molecular complexity index is 701. The first-order valence-corrected chi connectivity index (χ1v) is 7.92. The fourth-order valence-corrected chi connectivity index (χ4v) is 2.47. The second-order valence-electron chi connectivity index (χ2n) is 5.23. The molecule has 0 saturated carbocycles. The largest absolute Gasteiger partial charge is 0.480 e. The zero-order valence-corrected chi connectivity index (χ0v) is 14.3. The molecular formula is C18H20ClNO3. The first-order chi connectivity index (χ1) is 11.1. The van der Waals surface area contributed by atoms with Crippen LogP contribution in [0.3, 0.4) is 0 Å². The molecule has 0 radical (unpaired) electrons. The van der Waals surface area contributed by atoms with E-state index in [4.69, 9.17) is 21.1 Å². The number of aryl methyl sites for hydroxylation is 1. The van der Waals surface area contributed by atoms with Crippen molar-refractivity contribution < 1.29 is 14.3 Å². The average molecular weight is 334 g/mol. The number of methoxy groups -OCH3 is 1. The van der Waals surface area contributed by atoms with Crippen LogP contribution in [0.25, 0.3) is 11.1 Å². The van der Waals surface area contributed by atoms with E-state index in [1.165, 1.54) is 7.11 Å². The highest BCUT2D eigenvalue weighted by atomic mass is 35.5. The van der Waals surface area contributed by atoms with Gasteiger partial charge in [-0.1, -0.05) is 31.0 Å². The molecule has 0 fully saturated rings. The number of pyridine rings is 1. The number of nitrogens with zero attached hydrogens (tertiary/aromatic N) is 1. The van der Waals surface area contributed by atoms with Gasteiger partial charge in [-0.15, -0.1) is 0 Å². The molecular weight excluding hydrogens is 314 g/mol. The quantitative estimate of drug-likeness (QED) is 0.569. The van der Waals surface area contributed by atoms with Crippen molar-refractivity contribution in [3.8, 4) is 17.0 Å². The number of hydrogen-bond donors (Lipinski definition) is 0. The van der Waals surface area contributed by atoms with E-state index < -0.39 is 0 Å². The molecule has 0 amide bonds. The van der Waals surface area contributed by atoms with E-state index in [9.17, 15) is 4.79 Å². The van der Waals surface area contributed by atoms with E-state index in [2.05, 4.69) is 11.9 Å². The molecule has 0 spiro atoms. The Hall–Kier alpha value is -2.07. The fraction of sp³-hybridized carbons (Fsp3) is 0.333. The van der Waals surface area contributed by atoms with Crippen LogP contribution >= 0.6 is 11.6 Å². The minimum atomic E-state index is -0.293. The lowest BCUT2D eigenvalue weighted by molar-refractivity contribution is 0.0499. The monoisotopic (exact) mass is 333 g/mol. The number of carbonyl (C=O) groups excluding carboxylic acids is 1. The average Bonchev–Trinajstić information content (AvgIpc) is 2.54. The molecule has 1 heterocycles. The molecule has 0 unspecified atom stereocenters. The first-order valence-electron chi connectivity index (χ1n) is 7.54. The number of rotatable bonds is 6. The number of benzene rings is 1. The second-order valence-corrected chi connectivity index (χ2v) is 5.64. The van der Waals surface area contributed by atoms with Crippen LogP contribution in [-0.2, 0) is 4.74 Å². The van der Waals surface area contributed by atoms with Crippen molar-refractivity contribution in [1.82, 2.24) is 4.98 Å². The van der Waals surface area contributed by atoms with Gasteiger partial charge < -0.3 is 9.47 Å². The van der Waals surface area contributed by atoms with E-state index in [-0.39, 0.29) is 5.97 Å². The van der Waals surface area contributed by atoms with Crippen molar-refractivity contribution in [1.29, 1.82) is 0 Å². The van der Waals surface area contributed by atoms with E-state index in [1.54, 1.807) is 18.3 Å². The lowest BCUT2D eigenvalue weighted by atomic mass is 10.00. The van der Waals surface area contributed by atoms with Gasteiger partial charge >= 0.3 is 5.97 Å². The molecule has 0 aliphatic carbocycles. The van der Waals surface area contributed by atoms with Crippen LogP contribution in [0.1, 0.15) is 35.7 Å². The summed E-state index contributed by atoms with van der Waals surface area (Å²) in [5, 5.41) is 0.451. The molecule has 0 aliphatic heterocycles. The van der Waals surface area contributed by atoms with Crippen molar-refractivity contribution in [3.05, 3.63) is 46.6 Å². The SMILES string of the molecule is CCCCOC(=O)c1ccc(-c2cnc(OC)c(Cl)c2)c(C)c1. The van der Waals surface area contributed by atoms with Crippen LogP contribution in [0, 0.1) is 6.92 Å². The predicted molar refractivity (Wildman–Crippen MR) is 91.2 cm³/mol. The van der Waals surface area contributed by atoms with Gasteiger partial charge in [-0.2, -0.15) is 0 Å². The molecule has 0 atom stereocenters. The topological polar surface area (TPSA) is 48.4 Å². The third-order valence-electron chi connectivity index (χ3n) is 3.50. The van der Waals surface area contributed by atoms with Crippen LogP contribution in [-0.4, -0.2) is 24.7 Å². The Balaban J connectivity index is 2.22. The van der Waals surface area contributed by atoms with E-state index >= 15 is 0 Å². The number of carbonyl (C=O) groups is 1. The number of ether oxygens (including phenoxy) is 2. The normalized spacial score (nSPS) is 10.4. The summed E-state index contributed by atoms with van der Waals surface area (Å²) >= 11 is 6.12. The Kier molecular flexibility index (Phi) is 5.99. The maximum Gasteiger partial charge on any atom is 0.338 e. The maximum atomic E-state index is 12.0. The van der Waals surface area contributed by atoms with Crippen molar-refractivity contribution in [2.45, 2.75) is 26.7 Å². The molecule has 4 nitrogen and oxygen atoms in total. The Morgan fingerprint density at radius 2 is 2.09 bits per heavy atom. The summed E-state index contributed by atoms with van der Waals surface area (Å²) in [4.78, 5) is 16.2. The third-order valence-corrected chi connectivity index (χ3v) is 3.78. The molecule has 0 bridgehead atoms. The van der Waals surface area contributed by atoms with E-state index in [0.29, 0.717) is 23.1 Å². The van der Waals surface area contributed by atoms with Crippen molar-refractivity contribution in [2.24, 2.45) is 0 Å². The van der Waals surface area contributed by atoms with Crippen molar-refractivity contribution >= 4 is 17.6 Å². The van der Waals surface area contributed by atoms with Gasteiger partial charge in [-0.05, 0) is 42.7 Å². The molecule has 0 N–H and O–H groups in total. The van der Waals surface area contributed by atoms with Crippen LogP contribution in [0.5, 0.6) is 5.88 Å². The predicted octanol–water partition coefficient (Wildman–Crippen LogP) is 4.68. The number of halogens is 1. The zero-order valence-electron chi connectivity index (χ0n) is 13.6. The van der Waals surface area contributed by atoms with Crippen LogP contribution in [0.15, 0.2) is 30.5 Å². The summed E-state index contributed by atoms with van der Waals surface area (Å²) in [7, 11) is 1.53. The van der Waals surface area contributed by atoms with Crippen molar-refractivity contribution in [3.63, 3.8) is 0 Å². The van der Waals surface area contributed by atoms with Gasteiger partial charge in [0, 0.05) is 11.8 Å². The summed E-state index contributed by atoms with van der Waals surface area (Å²) in [5.74, 6) is 0.100. The van der Waals surface area contributed by atoms with Gasteiger partial charge in [0.05, 0.1) is 19.3 Å². The van der Waals surface area contributed by atoms with Gasteiger partial charge in [0.25, 0.3) is 0 Å². The summed E-state index contributed by atoms with van der Waals surface area (Å²) in [6.45, 7) is 4.45. The minimum absolute atomic E-state index is 0.293. The highest BCUT2D eigenvalue weighted by Crippen LogP contribution is 2.30. The molecule has 0 aliphatic rings. The molecule has 5 heteroatoms. The molecule has 0 saturated heterocycles. The van der Waals surface area contributed by atoms with Crippen LogP contribution in [0.4, 0.5) is 0 Å². The van der Waals surface area contributed by atoms with Gasteiger partial charge in [0.15, 0.2) is 0 Å². The highest BCUT2D eigenvalue weighted by molar-refractivity contribution is 6.32. The second kappa shape index (κ2) is 7.97. The third kappa shape index (κ3) is 4.23. The zero-order chi connectivity index (χ0) is 16.8. The Morgan fingerprint density at radius 3 is 2.70 bits per heavy atom. The number of aromatic nitrogens is 1. The summed E-state index contributed by atoms with van der Waals surface area (Å²) in [6, 6.07) is 7.26. The molecule has 23 heavy (non-hydrogen) atoms. The van der Waals surface area contributed by atoms with Gasteiger partial charge in [-0.25, -0.2) is 9.78 Å². The molecule has 122 valence electrons. The smallest absolute Gasteiger partial charge is 0.338 e. The summed E-state index contributed by atoms with van der Waals surface area (Å²) < 4.78 is 10.3. The number of unbranched alkanes of at least 4 members (excludes halogenated alkanes) is 1. The summed E-state index contributed by atoms with van der Waals surface area (Å²) in [6.07, 6.45) is 3.57. The minimum Gasteiger partial charge on any atom is -0.480 e. The van der Waals surface area contributed by atoms with Crippen LogP contribution in [0.2, 0.25) is 5.02 Å². The molecule has 2 aromatic rings. The van der Waals surface area contributed by atoms with Gasteiger partial charge in [0.2, 0.25) is 5.88 Å². The first kappa shape index (κ1) is 17.3. The standard InChI is InChI=1S/C18H20ClNO3/c1-4-5-8-23-18(21)13-6-7-15(12(2)9-13)14-10-16(19)17(22-3)20-11-14/h6-7,9-11H,4-5,8H2,1-3H3. The van der Waals surface area contributed by atoms with E-state index in [0.717, 1.165) is 29.5 Å². The highest BCUT2D eigenvalue weighted by Gasteiger charge is 2.11.